The molecule has 0 saturated heterocycles. The van der Waals surface area contributed by atoms with Gasteiger partial charge in [0, 0.05) is 19.2 Å². The number of hydrogen-bond acceptors (Lipinski definition) is 5. The lowest BCUT2D eigenvalue weighted by atomic mass is 9.93. The minimum atomic E-state index is -1.09. The fraction of sp³-hybridized carbons (Fsp3) is 0.323. The largest absolute Gasteiger partial charge is 0.495 e. The van der Waals surface area contributed by atoms with Gasteiger partial charge in [0.2, 0.25) is 0 Å². The summed E-state index contributed by atoms with van der Waals surface area (Å²) >= 11 is 0. The number of aromatic nitrogens is 2. The van der Waals surface area contributed by atoms with Gasteiger partial charge in [0.25, 0.3) is 5.91 Å². The van der Waals surface area contributed by atoms with E-state index in [1.54, 1.807) is 13.1 Å². The van der Waals surface area contributed by atoms with E-state index in [-0.39, 0.29) is 35.7 Å². The number of methoxy groups -OCH3 is 1. The predicted octanol–water partition coefficient (Wildman–Crippen LogP) is 5.98. The summed E-state index contributed by atoms with van der Waals surface area (Å²) in [4.78, 5) is 31.8. The first-order valence-corrected chi connectivity index (χ1v) is 13.5. The zero-order chi connectivity index (χ0) is 30.4. The number of aryl methyl sites for hydroxylation is 1. The molecule has 0 spiro atoms. The third-order valence-corrected chi connectivity index (χ3v) is 7.20. The summed E-state index contributed by atoms with van der Waals surface area (Å²) in [6.07, 6.45) is 1.68. The van der Waals surface area contributed by atoms with Crippen LogP contribution < -0.4 is 14.8 Å². The van der Waals surface area contributed by atoms with Crippen molar-refractivity contribution in [3.05, 3.63) is 94.9 Å². The molecule has 0 bridgehead atoms. The Morgan fingerprint density at radius 1 is 1.12 bits per heavy atom. The van der Waals surface area contributed by atoms with Gasteiger partial charge in [-0.05, 0) is 38.0 Å². The highest BCUT2D eigenvalue weighted by Gasteiger charge is 2.36. The third-order valence-electron chi connectivity index (χ3n) is 7.20. The van der Waals surface area contributed by atoms with E-state index in [1.165, 1.54) is 28.5 Å². The fourth-order valence-corrected chi connectivity index (χ4v) is 4.98. The molecule has 2 heterocycles. The zero-order valence-corrected chi connectivity index (χ0v) is 24.0. The Balaban J connectivity index is 1.62. The lowest BCUT2D eigenvalue weighted by Crippen LogP contribution is -2.55. The highest BCUT2D eigenvalue weighted by molar-refractivity contribution is 5.95. The monoisotopic (exact) mass is 580 g/mol. The van der Waals surface area contributed by atoms with E-state index in [0.717, 1.165) is 17.7 Å². The number of fused-ring (bicyclic) bond motifs is 1. The number of ether oxygens (including phenoxy) is 2. The minimum absolute atomic E-state index is 0.0470. The first kappa shape index (κ1) is 30.3. The van der Waals surface area contributed by atoms with Crippen LogP contribution in [-0.4, -0.2) is 50.6 Å². The number of nitrogens with zero attached hydrogens (tertiary/aromatic N) is 3. The van der Waals surface area contributed by atoms with Crippen LogP contribution in [0.1, 0.15) is 54.0 Å². The summed E-state index contributed by atoms with van der Waals surface area (Å²) < 4.78 is 41.0. The Bertz CT molecular complexity index is 1560. The summed E-state index contributed by atoms with van der Waals surface area (Å²) in [5.74, 6) is -1.48. The van der Waals surface area contributed by atoms with Gasteiger partial charge >= 0.3 is 6.09 Å². The highest BCUT2D eigenvalue weighted by Crippen LogP contribution is 2.30. The van der Waals surface area contributed by atoms with Gasteiger partial charge in [-0.25, -0.2) is 18.6 Å². The van der Waals surface area contributed by atoms with Crippen molar-refractivity contribution in [2.75, 3.05) is 13.7 Å². The van der Waals surface area contributed by atoms with Crippen molar-refractivity contribution in [2.24, 2.45) is 0 Å². The molecule has 2 aromatic heterocycles. The van der Waals surface area contributed by atoms with Gasteiger partial charge in [-0.1, -0.05) is 49.7 Å². The molecule has 0 fully saturated rings. The van der Waals surface area contributed by atoms with Crippen LogP contribution in [0.5, 0.6) is 11.5 Å². The molecule has 0 radical (unpaired) electrons. The molecule has 2 aromatic carbocycles. The average Bonchev–Trinajstić information content (AvgIpc) is 3.30. The Morgan fingerprint density at radius 3 is 2.43 bits per heavy atom. The second kappa shape index (κ2) is 12.9. The number of amides is 2. The number of benzene rings is 2. The molecule has 0 aliphatic rings. The minimum Gasteiger partial charge on any atom is -0.495 e. The van der Waals surface area contributed by atoms with Crippen LogP contribution >= 0.6 is 0 Å². The van der Waals surface area contributed by atoms with Crippen LogP contribution in [0, 0.1) is 18.6 Å². The summed E-state index contributed by atoms with van der Waals surface area (Å²) in [6.45, 7) is 5.22. The standard InChI is InChI=1S/C31H34F2N4O5/c1-5-14-31(3,37(30(39)40)16-21-10-7-6-8-11-21)19-34-29(38)27-20(2)35-28-26(15-22(41-4)17-36(27)28)42-18-23-24(32)12-9-13-25(23)33/h6-13,15,17H,5,14,16,18-19H2,1-4H3,(H,34,38)(H,39,40). The number of rotatable bonds is 12. The smallest absolute Gasteiger partial charge is 0.408 e. The number of carboxylic acid groups (broad SMARTS) is 1. The number of hydrogen-bond donors (Lipinski definition) is 2. The summed E-state index contributed by atoms with van der Waals surface area (Å²) in [5, 5.41) is 13.0. The van der Waals surface area contributed by atoms with Crippen molar-refractivity contribution in [1.29, 1.82) is 0 Å². The van der Waals surface area contributed by atoms with Gasteiger partial charge < -0.3 is 19.9 Å². The third kappa shape index (κ3) is 6.45. The predicted molar refractivity (Wildman–Crippen MR) is 153 cm³/mol. The topological polar surface area (TPSA) is 105 Å². The van der Waals surface area contributed by atoms with E-state index < -0.39 is 35.8 Å². The van der Waals surface area contributed by atoms with Crippen molar-refractivity contribution >= 4 is 17.6 Å². The quantitative estimate of drug-likeness (QED) is 0.214. The Labute approximate surface area is 242 Å². The molecular weight excluding hydrogens is 546 g/mol. The lowest BCUT2D eigenvalue weighted by Gasteiger charge is -2.40. The summed E-state index contributed by atoms with van der Waals surface area (Å²) in [5.41, 5.74) is 0.502. The maximum absolute atomic E-state index is 14.2. The number of pyridine rings is 1. The Morgan fingerprint density at radius 2 is 1.81 bits per heavy atom. The highest BCUT2D eigenvalue weighted by atomic mass is 19.1. The summed E-state index contributed by atoms with van der Waals surface area (Å²) in [6, 6.07) is 14.3. The van der Waals surface area contributed by atoms with E-state index in [9.17, 15) is 23.5 Å². The van der Waals surface area contributed by atoms with Crippen molar-refractivity contribution < 1.29 is 33.0 Å². The first-order valence-electron chi connectivity index (χ1n) is 13.5. The van der Waals surface area contributed by atoms with Crippen molar-refractivity contribution in [3.63, 3.8) is 0 Å². The molecule has 1 unspecified atom stereocenters. The molecule has 2 N–H and O–H groups in total. The van der Waals surface area contributed by atoms with Gasteiger partial charge in [0.15, 0.2) is 11.4 Å². The van der Waals surface area contributed by atoms with Gasteiger partial charge in [-0.3, -0.25) is 14.1 Å². The van der Waals surface area contributed by atoms with E-state index >= 15 is 0 Å². The molecular formula is C31H34F2N4O5. The van der Waals surface area contributed by atoms with Crippen LogP contribution in [0.15, 0.2) is 60.8 Å². The second-order valence-corrected chi connectivity index (χ2v) is 10.3. The molecule has 0 aliphatic heterocycles. The van der Waals surface area contributed by atoms with Crippen LogP contribution in [0.2, 0.25) is 0 Å². The molecule has 11 heteroatoms. The van der Waals surface area contributed by atoms with Crippen molar-refractivity contribution in [1.82, 2.24) is 19.6 Å². The number of carbonyl (C=O) groups excluding carboxylic acids is 1. The molecule has 4 rings (SSSR count). The van der Waals surface area contributed by atoms with Crippen molar-refractivity contribution in [3.8, 4) is 11.5 Å². The Kier molecular flexibility index (Phi) is 9.29. The maximum Gasteiger partial charge on any atom is 0.408 e. The van der Waals surface area contributed by atoms with Crippen LogP contribution in [0.3, 0.4) is 0 Å². The molecule has 9 nitrogen and oxygen atoms in total. The SMILES string of the molecule is CCCC(C)(CNC(=O)c1c(C)nc2c(OCc3c(F)cccc3F)cc(OC)cn12)N(Cc1ccccc1)C(=O)O. The van der Waals surface area contributed by atoms with Crippen LogP contribution in [0.4, 0.5) is 13.6 Å². The van der Waals surface area contributed by atoms with Gasteiger partial charge in [-0.2, -0.15) is 0 Å². The zero-order valence-electron chi connectivity index (χ0n) is 24.0. The molecule has 0 saturated carbocycles. The molecule has 4 aromatic rings. The van der Waals surface area contributed by atoms with E-state index in [1.807, 2.05) is 44.2 Å². The van der Waals surface area contributed by atoms with Gasteiger partial charge in [0.05, 0.1) is 30.1 Å². The maximum atomic E-state index is 14.2. The summed E-state index contributed by atoms with van der Waals surface area (Å²) in [7, 11) is 1.44. The van der Waals surface area contributed by atoms with Crippen molar-refractivity contribution in [2.45, 2.75) is 52.3 Å². The van der Waals surface area contributed by atoms with Crippen LogP contribution in [0.25, 0.3) is 5.65 Å². The fourth-order valence-electron chi connectivity index (χ4n) is 4.98. The lowest BCUT2D eigenvalue weighted by molar-refractivity contribution is 0.0666. The van der Waals surface area contributed by atoms with Gasteiger partial charge in [-0.15, -0.1) is 0 Å². The van der Waals surface area contributed by atoms with E-state index in [0.29, 0.717) is 24.3 Å². The van der Waals surface area contributed by atoms with E-state index in [2.05, 4.69) is 10.3 Å². The molecule has 222 valence electrons. The molecule has 42 heavy (non-hydrogen) atoms. The number of carbonyl (C=O) groups is 2. The van der Waals surface area contributed by atoms with Crippen LogP contribution in [-0.2, 0) is 13.2 Å². The molecule has 0 aliphatic carbocycles. The number of nitrogens with one attached hydrogen (secondary N) is 1. The first-order chi connectivity index (χ1) is 20.1. The van der Waals surface area contributed by atoms with E-state index in [4.69, 9.17) is 9.47 Å². The molecule has 2 amide bonds. The Hall–Kier alpha value is -4.67. The number of imidazole rings is 1. The average molecular weight is 581 g/mol. The number of halogens is 2. The molecule has 1 atom stereocenters. The van der Waals surface area contributed by atoms with Gasteiger partial charge in [0.1, 0.15) is 29.7 Å². The second-order valence-electron chi connectivity index (χ2n) is 10.3. The normalized spacial score (nSPS) is 12.5.